The minimum Gasteiger partial charge on any atom is -1.00 e. The van der Waals surface area contributed by atoms with E-state index in [1.165, 1.54) is 0 Å². The average Bonchev–Trinajstić information content (AvgIpc) is 1.87. The van der Waals surface area contributed by atoms with Crippen molar-refractivity contribution in [2.24, 2.45) is 0 Å². The second-order valence-corrected chi connectivity index (χ2v) is 1.16. The molecular weight excluding hydrogens is 151 g/mol. The Kier molecular flexibility index (Phi) is 9.11. The zero-order valence-electron chi connectivity index (χ0n) is 6.53. The first-order valence-electron chi connectivity index (χ1n) is 2.16. The number of carbonyl (C=O) groups is 2. The van der Waals surface area contributed by atoms with Crippen LogP contribution in [0.15, 0.2) is 0 Å². The van der Waals surface area contributed by atoms with Gasteiger partial charge in [-0.1, -0.05) is 0 Å². The summed E-state index contributed by atoms with van der Waals surface area (Å²) >= 11 is 0. The molecule has 0 bridgehead atoms. The molecule has 0 aromatic carbocycles. The Bertz CT molecular complexity index is 114. The SMILES string of the molecule is O=C(CO)OC(=O)CO.[H-].[Na+]. The molecule has 0 saturated heterocycles. The third-order valence-electron chi connectivity index (χ3n) is 0.486. The molecule has 0 rings (SSSR count). The van der Waals surface area contributed by atoms with E-state index < -0.39 is 25.2 Å². The van der Waals surface area contributed by atoms with E-state index >= 15 is 0 Å². The molecule has 0 atom stereocenters. The van der Waals surface area contributed by atoms with Gasteiger partial charge in [-0.15, -0.1) is 0 Å². The average molecular weight is 158 g/mol. The Morgan fingerprint density at radius 3 is 1.70 bits per heavy atom. The fourth-order valence-electron chi connectivity index (χ4n) is 0.192. The van der Waals surface area contributed by atoms with Crippen LogP contribution in [0.3, 0.4) is 0 Å². The van der Waals surface area contributed by atoms with Gasteiger partial charge < -0.3 is 16.4 Å². The quantitative estimate of drug-likeness (QED) is 0.239. The van der Waals surface area contributed by atoms with Crippen molar-refractivity contribution < 1.29 is 55.5 Å². The summed E-state index contributed by atoms with van der Waals surface area (Å²) in [6, 6.07) is 0. The van der Waals surface area contributed by atoms with Gasteiger partial charge in [-0.05, 0) is 0 Å². The second kappa shape index (κ2) is 7.17. The molecule has 10 heavy (non-hydrogen) atoms. The van der Waals surface area contributed by atoms with Gasteiger partial charge in [0.2, 0.25) is 0 Å². The summed E-state index contributed by atoms with van der Waals surface area (Å²) in [5, 5.41) is 15.9. The smallest absolute Gasteiger partial charge is 1.00 e. The summed E-state index contributed by atoms with van der Waals surface area (Å²) in [6.45, 7) is -1.71. The van der Waals surface area contributed by atoms with Crippen LogP contribution in [0.4, 0.5) is 0 Å². The van der Waals surface area contributed by atoms with Crippen LogP contribution < -0.4 is 29.6 Å². The van der Waals surface area contributed by atoms with Crippen molar-refractivity contribution in [3.8, 4) is 0 Å². The number of esters is 2. The van der Waals surface area contributed by atoms with Crippen LogP contribution in [0.25, 0.3) is 0 Å². The van der Waals surface area contributed by atoms with Gasteiger partial charge in [-0.3, -0.25) is 0 Å². The number of carbonyl (C=O) groups excluding carboxylic acids is 2. The van der Waals surface area contributed by atoms with E-state index in [0.717, 1.165) is 0 Å². The van der Waals surface area contributed by atoms with Crippen LogP contribution in [0, 0.1) is 0 Å². The van der Waals surface area contributed by atoms with E-state index in [2.05, 4.69) is 4.74 Å². The van der Waals surface area contributed by atoms with Crippen molar-refractivity contribution >= 4 is 11.9 Å². The molecule has 0 aliphatic carbocycles. The molecule has 0 fully saturated rings. The summed E-state index contributed by atoms with van der Waals surface area (Å²) in [5.74, 6) is -2.12. The predicted octanol–water partition coefficient (Wildman–Crippen LogP) is -4.84. The molecule has 6 heteroatoms. The summed E-state index contributed by atoms with van der Waals surface area (Å²) in [6.07, 6.45) is 0. The number of hydrogen-bond donors (Lipinski definition) is 2. The molecule has 5 nitrogen and oxygen atoms in total. The monoisotopic (exact) mass is 158 g/mol. The van der Waals surface area contributed by atoms with Gasteiger partial charge >= 0.3 is 41.5 Å². The minimum absolute atomic E-state index is 0. The number of aliphatic hydroxyl groups is 2. The van der Waals surface area contributed by atoms with Gasteiger partial charge in [0.05, 0.1) is 0 Å². The molecule has 0 aromatic heterocycles. The second-order valence-electron chi connectivity index (χ2n) is 1.16. The Labute approximate surface area is 80.8 Å². The standard InChI is InChI=1S/C4H6O5.Na.H/c5-1-3(7)9-4(8)2-6;;/h5-6H,1-2H2;;/q;+1;-1. The Balaban J connectivity index is -0.000000320. The normalized spacial score (nSPS) is 7.80. The van der Waals surface area contributed by atoms with Crippen molar-refractivity contribution in [3.63, 3.8) is 0 Å². The summed E-state index contributed by atoms with van der Waals surface area (Å²) in [7, 11) is 0. The van der Waals surface area contributed by atoms with Crippen molar-refractivity contribution in [2.45, 2.75) is 0 Å². The van der Waals surface area contributed by atoms with E-state index in [1.54, 1.807) is 0 Å². The van der Waals surface area contributed by atoms with Gasteiger partial charge in [0.25, 0.3) is 0 Å². The summed E-state index contributed by atoms with van der Waals surface area (Å²) in [4.78, 5) is 20.0. The van der Waals surface area contributed by atoms with Crippen LogP contribution >= 0.6 is 0 Å². The molecule has 0 aliphatic heterocycles. The third-order valence-corrected chi connectivity index (χ3v) is 0.486. The van der Waals surface area contributed by atoms with E-state index in [1.807, 2.05) is 0 Å². The predicted molar refractivity (Wildman–Crippen MR) is 26.4 cm³/mol. The van der Waals surface area contributed by atoms with Crippen molar-refractivity contribution in [1.82, 2.24) is 0 Å². The van der Waals surface area contributed by atoms with Gasteiger partial charge in [-0.2, -0.15) is 0 Å². The molecule has 0 spiro atoms. The molecule has 0 aliphatic rings. The molecule has 0 heterocycles. The van der Waals surface area contributed by atoms with E-state index in [4.69, 9.17) is 10.2 Å². The van der Waals surface area contributed by atoms with Crippen LogP contribution in [0.1, 0.15) is 1.43 Å². The van der Waals surface area contributed by atoms with E-state index in [0.29, 0.717) is 0 Å². The van der Waals surface area contributed by atoms with Gasteiger partial charge in [0.15, 0.2) is 0 Å². The first-order chi connectivity index (χ1) is 4.20. The first-order valence-corrected chi connectivity index (χ1v) is 2.16. The maximum absolute atomic E-state index is 9.98. The van der Waals surface area contributed by atoms with Crippen molar-refractivity contribution in [3.05, 3.63) is 0 Å². The van der Waals surface area contributed by atoms with Crippen LogP contribution in [0.2, 0.25) is 0 Å². The first kappa shape index (κ1) is 12.7. The maximum Gasteiger partial charge on any atom is 1.00 e. The number of aliphatic hydroxyl groups excluding tert-OH is 2. The van der Waals surface area contributed by atoms with Crippen LogP contribution in [0.5, 0.6) is 0 Å². The fourth-order valence-corrected chi connectivity index (χ4v) is 0.192. The summed E-state index contributed by atoms with van der Waals surface area (Å²) < 4.78 is 3.77. The molecule has 54 valence electrons. The van der Waals surface area contributed by atoms with Gasteiger partial charge in [-0.25, -0.2) is 9.59 Å². The van der Waals surface area contributed by atoms with Crippen molar-refractivity contribution in [1.29, 1.82) is 0 Å². The number of rotatable bonds is 2. The number of ether oxygens (including phenoxy) is 1. The van der Waals surface area contributed by atoms with Crippen LogP contribution in [-0.4, -0.2) is 35.4 Å². The fraction of sp³-hybridized carbons (Fsp3) is 0.500. The largest absolute Gasteiger partial charge is 1.00 e. The molecule has 2 N–H and O–H groups in total. The molecular formula is C4H7NaO5. The Morgan fingerprint density at radius 2 is 1.50 bits per heavy atom. The minimum atomic E-state index is -1.06. The zero-order valence-corrected chi connectivity index (χ0v) is 7.53. The van der Waals surface area contributed by atoms with Gasteiger partial charge in [0, 0.05) is 0 Å². The molecule has 0 amide bonds. The van der Waals surface area contributed by atoms with Gasteiger partial charge in [0.1, 0.15) is 13.2 Å². The van der Waals surface area contributed by atoms with Crippen LogP contribution in [-0.2, 0) is 14.3 Å². The molecule has 0 unspecified atom stereocenters. The molecule has 0 aromatic rings. The third kappa shape index (κ3) is 6.18. The maximum atomic E-state index is 9.98. The Morgan fingerprint density at radius 1 is 1.20 bits per heavy atom. The summed E-state index contributed by atoms with van der Waals surface area (Å²) in [5.41, 5.74) is 0. The Hall–Kier alpha value is 0.0600. The molecule has 0 saturated carbocycles. The van der Waals surface area contributed by atoms with E-state index in [-0.39, 0.29) is 31.0 Å². The van der Waals surface area contributed by atoms with Crippen molar-refractivity contribution in [2.75, 3.05) is 13.2 Å². The van der Waals surface area contributed by atoms with E-state index in [9.17, 15) is 9.59 Å². The zero-order chi connectivity index (χ0) is 7.28. The molecule has 0 radical (unpaired) electrons. The topological polar surface area (TPSA) is 83.8 Å². The number of hydrogen-bond acceptors (Lipinski definition) is 5.